The highest BCUT2D eigenvalue weighted by molar-refractivity contribution is 5.40. The first kappa shape index (κ1) is 16.7. The summed E-state index contributed by atoms with van der Waals surface area (Å²) in [5.41, 5.74) is 2.77. The van der Waals surface area contributed by atoms with Crippen molar-refractivity contribution in [3.05, 3.63) is 65.7 Å². The average molecular weight is 335 g/mol. The van der Waals surface area contributed by atoms with Gasteiger partial charge in [0.1, 0.15) is 12.4 Å². The molecule has 0 spiro atoms. The SMILES string of the molecule is c1ccc(C[C@H]2c3ccccc3OC[C@H]2NCC2CCCCC2)cc1. The van der Waals surface area contributed by atoms with Crippen molar-refractivity contribution in [3.63, 3.8) is 0 Å². The lowest BCUT2D eigenvalue weighted by Crippen LogP contribution is -2.45. The standard InChI is InChI=1S/C23H29NO/c1-3-9-18(10-4-1)15-21-20-13-7-8-14-23(20)25-17-22(21)24-16-19-11-5-2-6-12-19/h1,3-4,7-10,13-14,19,21-22,24H,2,5-6,11-12,15-17H2/t21-,22+/m0/s1. The molecular weight excluding hydrogens is 306 g/mol. The van der Waals surface area contributed by atoms with Crippen LogP contribution in [0.5, 0.6) is 5.75 Å². The van der Waals surface area contributed by atoms with Gasteiger partial charge in [-0.3, -0.25) is 0 Å². The second-order valence-electron chi connectivity index (χ2n) is 7.66. The molecule has 0 amide bonds. The third kappa shape index (κ3) is 4.07. The van der Waals surface area contributed by atoms with Gasteiger partial charge in [-0.15, -0.1) is 0 Å². The monoisotopic (exact) mass is 335 g/mol. The number of hydrogen-bond acceptors (Lipinski definition) is 2. The van der Waals surface area contributed by atoms with E-state index in [1.807, 2.05) is 0 Å². The van der Waals surface area contributed by atoms with Crippen LogP contribution < -0.4 is 10.1 Å². The fraction of sp³-hybridized carbons (Fsp3) is 0.478. The lowest BCUT2D eigenvalue weighted by molar-refractivity contribution is 0.201. The Hall–Kier alpha value is -1.80. The van der Waals surface area contributed by atoms with Crippen LogP contribution in [-0.4, -0.2) is 19.2 Å². The van der Waals surface area contributed by atoms with Crippen LogP contribution >= 0.6 is 0 Å². The minimum atomic E-state index is 0.400. The maximum absolute atomic E-state index is 6.08. The number of ether oxygens (including phenoxy) is 1. The molecule has 1 fully saturated rings. The molecule has 1 saturated carbocycles. The average Bonchev–Trinajstić information content (AvgIpc) is 2.69. The Morgan fingerprint density at radius 3 is 2.48 bits per heavy atom. The quantitative estimate of drug-likeness (QED) is 0.835. The predicted octanol–water partition coefficient (Wildman–Crippen LogP) is 4.94. The minimum absolute atomic E-state index is 0.400. The van der Waals surface area contributed by atoms with Gasteiger partial charge in [0.15, 0.2) is 0 Å². The van der Waals surface area contributed by atoms with Gasteiger partial charge in [0.05, 0.1) is 0 Å². The van der Waals surface area contributed by atoms with Crippen molar-refractivity contribution in [1.82, 2.24) is 5.32 Å². The van der Waals surface area contributed by atoms with Crippen LogP contribution in [0.25, 0.3) is 0 Å². The molecule has 2 heteroatoms. The largest absolute Gasteiger partial charge is 0.492 e. The van der Waals surface area contributed by atoms with Gasteiger partial charge < -0.3 is 10.1 Å². The number of nitrogens with one attached hydrogen (secondary N) is 1. The van der Waals surface area contributed by atoms with Crippen LogP contribution in [0.1, 0.15) is 49.1 Å². The Morgan fingerprint density at radius 1 is 0.880 bits per heavy atom. The highest BCUT2D eigenvalue weighted by atomic mass is 16.5. The predicted molar refractivity (Wildman–Crippen MR) is 103 cm³/mol. The summed E-state index contributed by atoms with van der Waals surface area (Å²) < 4.78 is 6.08. The van der Waals surface area contributed by atoms with E-state index in [0.29, 0.717) is 12.0 Å². The van der Waals surface area contributed by atoms with Gasteiger partial charge in [0.25, 0.3) is 0 Å². The zero-order valence-corrected chi connectivity index (χ0v) is 15.0. The second-order valence-corrected chi connectivity index (χ2v) is 7.66. The molecule has 0 bridgehead atoms. The number of para-hydroxylation sites is 1. The molecule has 1 aliphatic heterocycles. The molecule has 2 nitrogen and oxygen atoms in total. The molecule has 1 heterocycles. The summed E-state index contributed by atoms with van der Waals surface area (Å²) in [7, 11) is 0. The lowest BCUT2D eigenvalue weighted by atomic mass is 9.83. The molecule has 2 aromatic carbocycles. The highest BCUT2D eigenvalue weighted by Gasteiger charge is 2.31. The van der Waals surface area contributed by atoms with Crippen molar-refractivity contribution in [2.24, 2.45) is 5.92 Å². The van der Waals surface area contributed by atoms with Crippen molar-refractivity contribution in [3.8, 4) is 5.75 Å². The first-order chi connectivity index (χ1) is 12.4. The van der Waals surface area contributed by atoms with Crippen molar-refractivity contribution in [1.29, 1.82) is 0 Å². The zero-order chi connectivity index (χ0) is 16.9. The van der Waals surface area contributed by atoms with E-state index < -0.39 is 0 Å². The van der Waals surface area contributed by atoms with E-state index >= 15 is 0 Å². The van der Waals surface area contributed by atoms with E-state index in [4.69, 9.17) is 4.74 Å². The number of rotatable bonds is 5. The Balaban J connectivity index is 1.50. The lowest BCUT2D eigenvalue weighted by Gasteiger charge is -2.36. The van der Waals surface area contributed by atoms with E-state index in [1.54, 1.807) is 0 Å². The van der Waals surface area contributed by atoms with Gasteiger partial charge in [0.2, 0.25) is 0 Å². The summed E-state index contributed by atoms with van der Waals surface area (Å²) in [6.45, 7) is 1.92. The summed E-state index contributed by atoms with van der Waals surface area (Å²) in [4.78, 5) is 0. The summed E-state index contributed by atoms with van der Waals surface area (Å²) in [5, 5.41) is 3.88. The molecule has 0 unspecified atom stereocenters. The maximum atomic E-state index is 6.08. The van der Waals surface area contributed by atoms with Crippen LogP contribution in [0.2, 0.25) is 0 Å². The Labute approximate surface area is 151 Å². The normalized spacial score (nSPS) is 23.7. The third-order valence-corrected chi connectivity index (χ3v) is 5.91. The highest BCUT2D eigenvalue weighted by Crippen LogP contribution is 2.36. The summed E-state index contributed by atoms with van der Waals surface area (Å²) in [5.74, 6) is 2.40. The van der Waals surface area contributed by atoms with Gasteiger partial charge in [-0.05, 0) is 48.9 Å². The van der Waals surface area contributed by atoms with Gasteiger partial charge >= 0.3 is 0 Å². The fourth-order valence-electron chi connectivity index (χ4n) is 4.46. The Kier molecular flexibility index (Phi) is 5.37. The minimum Gasteiger partial charge on any atom is -0.492 e. The maximum Gasteiger partial charge on any atom is 0.122 e. The van der Waals surface area contributed by atoms with Gasteiger partial charge in [-0.1, -0.05) is 67.8 Å². The Morgan fingerprint density at radius 2 is 1.64 bits per heavy atom. The first-order valence-electron chi connectivity index (χ1n) is 9.89. The topological polar surface area (TPSA) is 21.3 Å². The molecule has 2 aliphatic rings. The van der Waals surface area contributed by atoms with E-state index in [0.717, 1.165) is 31.2 Å². The van der Waals surface area contributed by atoms with Crippen LogP contribution in [0.4, 0.5) is 0 Å². The van der Waals surface area contributed by atoms with Crippen molar-refractivity contribution in [2.75, 3.05) is 13.2 Å². The van der Waals surface area contributed by atoms with Crippen molar-refractivity contribution >= 4 is 0 Å². The van der Waals surface area contributed by atoms with E-state index in [2.05, 4.69) is 59.9 Å². The van der Waals surface area contributed by atoms with Gasteiger partial charge in [-0.25, -0.2) is 0 Å². The second kappa shape index (κ2) is 8.05. The Bertz CT molecular complexity index is 663. The van der Waals surface area contributed by atoms with Crippen LogP contribution in [0.3, 0.4) is 0 Å². The zero-order valence-electron chi connectivity index (χ0n) is 15.0. The fourth-order valence-corrected chi connectivity index (χ4v) is 4.46. The number of hydrogen-bond donors (Lipinski definition) is 1. The number of fused-ring (bicyclic) bond motifs is 1. The third-order valence-electron chi connectivity index (χ3n) is 5.91. The van der Waals surface area contributed by atoms with E-state index in [1.165, 1.54) is 43.2 Å². The summed E-state index contributed by atoms with van der Waals surface area (Å²) in [6, 6.07) is 19.9. The van der Waals surface area contributed by atoms with E-state index in [-0.39, 0.29) is 0 Å². The van der Waals surface area contributed by atoms with Crippen LogP contribution in [0, 0.1) is 5.92 Å². The molecule has 132 valence electrons. The first-order valence-corrected chi connectivity index (χ1v) is 9.89. The molecular formula is C23H29NO. The molecule has 25 heavy (non-hydrogen) atoms. The van der Waals surface area contributed by atoms with E-state index in [9.17, 15) is 0 Å². The van der Waals surface area contributed by atoms with Gasteiger partial charge in [0, 0.05) is 12.0 Å². The molecule has 4 rings (SSSR count). The molecule has 2 aromatic rings. The molecule has 0 radical (unpaired) electrons. The van der Waals surface area contributed by atoms with Crippen molar-refractivity contribution < 1.29 is 4.74 Å². The molecule has 0 saturated heterocycles. The van der Waals surface area contributed by atoms with Crippen molar-refractivity contribution in [2.45, 2.75) is 50.5 Å². The molecule has 0 aromatic heterocycles. The van der Waals surface area contributed by atoms with Gasteiger partial charge in [-0.2, -0.15) is 0 Å². The smallest absolute Gasteiger partial charge is 0.122 e. The summed E-state index contributed by atoms with van der Waals surface area (Å²) in [6.07, 6.45) is 8.09. The molecule has 2 atom stereocenters. The molecule has 1 N–H and O–H groups in total. The number of benzene rings is 2. The van der Waals surface area contributed by atoms with Crippen LogP contribution in [0.15, 0.2) is 54.6 Å². The van der Waals surface area contributed by atoms with Crippen LogP contribution in [-0.2, 0) is 6.42 Å². The molecule has 1 aliphatic carbocycles. The summed E-state index contributed by atoms with van der Waals surface area (Å²) >= 11 is 0.